The highest BCUT2D eigenvalue weighted by molar-refractivity contribution is 6.01. The minimum atomic E-state index is -0.320. The van der Waals surface area contributed by atoms with Gasteiger partial charge in [-0.3, -0.25) is 9.59 Å². The van der Waals surface area contributed by atoms with Crippen LogP contribution in [0.25, 0.3) is 0 Å². The first-order valence-electron chi connectivity index (χ1n) is 9.83. The Balaban J connectivity index is 1.67. The first-order valence-corrected chi connectivity index (χ1v) is 9.83. The van der Waals surface area contributed by atoms with Crippen molar-refractivity contribution in [3.8, 4) is 0 Å². The van der Waals surface area contributed by atoms with Gasteiger partial charge in [-0.25, -0.2) is 0 Å². The van der Waals surface area contributed by atoms with Crippen LogP contribution >= 0.6 is 0 Å². The summed E-state index contributed by atoms with van der Waals surface area (Å²) in [4.78, 5) is 29.6. The summed E-state index contributed by atoms with van der Waals surface area (Å²) in [6.07, 6.45) is 2.34. The third-order valence-corrected chi connectivity index (χ3v) is 6.11. The number of likely N-dealkylation sites (tertiary alicyclic amines) is 2. The lowest BCUT2D eigenvalue weighted by atomic mass is 9.89. The van der Waals surface area contributed by atoms with Crippen molar-refractivity contribution in [1.29, 1.82) is 0 Å². The van der Waals surface area contributed by atoms with Crippen molar-refractivity contribution in [2.45, 2.75) is 58.5 Å². The van der Waals surface area contributed by atoms with E-state index in [-0.39, 0.29) is 35.2 Å². The zero-order valence-corrected chi connectivity index (χ0v) is 16.7. The maximum Gasteiger partial charge on any atom is 0.226 e. The van der Waals surface area contributed by atoms with E-state index >= 15 is 0 Å². The van der Waals surface area contributed by atoms with Gasteiger partial charge in [-0.05, 0) is 52.7 Å². The second-order valence-electron chi connectivity index (χ2n) is 9.04. The van der Waals surface area contributed by atoms with Crippen molar-refractivity contribution in [3.05, 3.63) is 0 Å². The van der Waals surface area contributed by atoms with Gasteiger partial charge in [0.15, 0.2) is 0 Å². The molecule has 2 N–H and O–H groups in total. The fraction of sp³-hybridized carbons (Fsp3) is 0.842. The minimum absolute atomic E-state index is 0.000833. The summed E-state index contributed by atoms with van der Waals surface area (Å²) in [5.41, 5.74) is 2.86. The van der Waals surface area contributed by atoms with Crippen LogP contribution in [0, 0.1) is 17.8 Å². The van der Waals surface area contributed by atoms with E-state index in [0.29, 0.717) is 24.7 Å². The quantitative estimate of drug-likeness (QED) is 0.785. The van der Waals surface area contributed by atoms with Crippen molar-refractivity contribution in [1.82, 2.24) is 20.5 Å². The topological polar surface area (TPSA) is 77.0 Å². The molecule has 2 atom stereocenters. The molecule has 0 aromatic heterocycles. The maximum absolute atomic E-state index is 13.2. The van der Waals surface area contributed by atoms with E-state index in [1.807, 2.05) is 18.7 Å². The summed E-state index contributed by atoms with van der Waals surface area (Å²) in [5, 5.41) is 7.34. The van der Waals surface area contributed by atoms with E-state index in [4.69, 9.17) is 0 Å². The largest absolute Gasteiger partial charge is 0.334 e. The van der Waals surface area contributed by atoms with Crippen LogP contribution in [0.3, 0.4) is 0 Å². The Morgan fingerprint density at radius 2 is 1.96 bits per heavy atom. The molecule has 3 rings (SSSR count). The van der Waals surface area contributed by atoms with E-state index in [1.165, 1.54) is 0 Å². The van der Waals surface area contributed by atoms with Gasteiger partial charge in [0.05, 0.1) is 17.5 Å². The van der Waals surface area contributed by atoms with Crippen LogP contribution < -0.4 is 10.7 Å². The fourth-order valence-electron chi connectivity index (χ4n) is 4.45. The number of carbonyl (C=O) groups excluding carboxylic acids is 2. The molecule has 0 aliphatic carbocycles. The van der Waals surface area contributed by atoms with Crippen LogP contribution in [0.4, 0.5) is 0 Å². The molecular weight excluding hydrogens is 330 g/mol. The highest BCUT2D eigenvalue weighted by atomic mass is 16.2. The summed E-state index contributed by atoms with van der Waals surface area (Å²) in [5.74, 6) is 1.42. The Bertz CT molecular complexity index is 593. The van der Waals surface area contributed by atoms with Crippen molar-refractivity contribution in [3.63, 3.8) is 0 Å². The summed E-state index contributed by atoms with van der Waals surface area (Å²) < 4.78 is 0. The molecular formula is C19H33N5O2. The number of fused-ring (bicyclic) bond motifs is 1. The summed E-state index contributed by atoms with van der Waals surface area (Å²) in [7, 11) is 2.11. The molecule has 0 radical (unpaired) electrons. The predicted molar refractivity (Wildman–Crippen MR) is 101 cm³/mol. The number of rotatable bonds is 3. The van der Waals surface area contributed by atoms with Gasteiger partial charge in [0, 0.05) is 18.9 Å². The second-order valence-corrected chi connectivity index (χ2v) is 9.04. The number of hydrogen-bond donors (Lipinski definition) is 2. The van der Waals surface area contributed by atoms with Gasteiger partial charge in [-0.15, -0.1) is 0 Å². The zero-order valence-electron chi connectivity index (χ0n) is 16.7. The molecule has 3 heterocycles. The number of amidine groups is 1. The van der Waals surface area contributed by atoms with Gasteiger partial charge < -0.3 is 20.5 Å². The van der Waals surface area contributed by atoms with Gasteiger partial charge in [0.1, 0.15) is 5.84 Å². The van der Waals surface area contributed by atoms with Crippen LogP contribution in [0.1, 0.15) is 47.0 Å². The third-order valence-electron chi connectivity index (χ3n) is 6.11. The van der Waals surface area contributed by atoms with Crippen molar-refractivity contribution >= 4 is 17.6 Å². The summed E-state index contributed by atoms with van der Waals surface area (Å²) in [6, 6.07) is 0.0482. The van der Waals surface area contributed by atoms with Gasteiger partial charge in [-0.2, -0.15) is 5.10 Å². The van der Waals surface area contributed by atoms with E-state index < -0.39 is 0 Å². The number of carbonyl (C=O) groups is 2. The summed E-state index contributed by atoms with van der Waals surface area (Å²) in [6.45, 7) is 10.8. The Morgan fingerprint density at radius 1 is 1.31 bits per heavy atom. The van der Waals surface area contributed by atoms with Crippen molar-refractivity contribution in [2.24, 2.45) is 22.9 Å². The molecule has 0 bridgehead atoms. The van der Waals surface area contributed by atoms with Crippen molar-refractivity contribution in [2.75, 3.05) is 26.7 Å². The third kappa shape index (κ3) is 3.59. The highest BCUT2D eigenvalue weighted by Gasteiger charge is 2.54. The molecule has 7 nitrogen and oxygen atoms in total. The number of hydrogen-bond acceptors (Lipinski definition) is 5. The standard InChI is InChI=1S/C19H33N5O2/c1-12(2)10-15(25)20-17-14-11-24(19(3,4)16(14)21-22-17)18(26)13-6-8-23(5)9-7-13/h12-14,16,21H,6-11H2,1-5H3,(H,20,22,25). The average molecular weight is 364 g/mol. The highest BCUT2D eigenvalue weighted by Crippen LogP contribution is 2.38. The van der Waals surface area contributed by atoms with Gasteiger partial charge in [-0.1, -0.05) is 13.8 Å². The van der Waals surface area contributed by atoms with E-state index in [2.05, 4.69) is 41.6 Å². The van der Waals surface area contributed by atoms with E-state index in [0.717, 1.165) is 25.9 Å². The van der Waals surface area contributed by atoms with Gasteiger partial charge in [0.25, 0.3) is 0 Å². The predicted octanol–water partition coefficient (Wildman–Crippen LogP) is 1.01. The lowest BCUT2D eigenvalue weighted by Gasteiger charge is -2.38. The van der Waals surface area contributed by atoms with Crippen LogP contribution in [-0.4, -0.2) is 65.7 Å². The van der Waals surface area contributed by atoms with Gasteiger partial charge >= 0.3 is 0 Å². The van der Waals surface area contributed by atoms with Crippen molar-refractivity contribution < 1.29 is 9.59 Å². The first kappa shape index (κ1) is 19.1. The number of amides is 2. The zero-order chi connectivity index (χ0) is 19.1. The molecule has 2 saturated heterocycles. The fourth-order valence-corrected chi connectivity index (χ4v) is 4.45. The molecule has 26 heavy (non-hydrogen) atoms. The molecule has 2 unspecified atom stereocenters. The smallest absolute Gasteiger partial charge is 0.226 e. The molecule has 3 aliphatic heterocycles. The lowest BCUT2D eigenvalue weighted by molar-refractivity contribution is -0.140. The van der Waals surface area contributed by atoms with E-state index in [9.17, 15) is 9.59 Å². The molecule has 7 heteroatoms. The van der Waals surface area contributed by atoms with Gasteiger partial charge in [0.2, 0.25) is 11.8 Å². The SMILES string of the molecule is CC(C)CC(=O)NC1=NNC2C1CN(C(=O)C1CCN(C)CC1)C2(C)C. The Morgan fingerprint density at radius 3 is 2.58 bits per heavy atom. The minimum Gasteiger partial charge on any atom is -0.334 e. The molecule has 2 fully saturated rings. The van der Waals surface area contributed by atoms with Crippen LogP contribution in [0.15, 0.2) is 5.10 Å². The number of hydrazone groups is 1. The Kier molecular flexibility index (Phi) is 5.28. The number of piperidine rings is 1. The molecule has 2 amide bonds. The molecule has 0 spiro atoms. The lowest BCUT2D eigenvalue weighted by Crippen LogP contribution is -2.54. The first-order chi connectivity index (χ1) is 12.2. The molecule has 146 valence electrons. The van der Waals surface area contributed by atoms with Crippen LogP contribution in [0.2, 0.25) is 0 Å². The number of nitrogens with one attached hydrogen (secondary N) is 2. The second kappa shape index (κ2) is 7.18. The summed E-state index contributed by atoms with van der Waals surface area (Å²) >= 11 is 0. The van der Waals surface area contributed by atoms with E-state index in [1.54, 1.807) is 0 Å². The van der Waals surface area contributed by atoms with Crippen LogP contribution in [-0.2, 0) is 9.59 Å². The maximum atomic E-state index is 13.2. The number of nitrogens with zero attached hydrogens (tertiary/aromatic N) is 3. The Hall–Kier alpha value is -1.63. The molecule has 0 aromatic carbocycles. The van der Waals surface area contributed by atoms with Crippen LogP contribution in [0.5, 0.6) is 0 Å². The molecule has 3 aliphatic rings. The normalized spacial score (nSPS) is 28.7. The molecule has 0 saturated carbocycles. The monoisotopic (exact) mass is 363 g/mol. The Labute approximate surface area is 156 Å². The average Bonchev–Trinajstić information content (AvgIpc) is 3.06. The molecule has 0 aromatic rings.